The van der Waals surface area contributed by atoms with Crippen molar-refractivity contribution in [2.24, 2.45) is 0 Å². The number of halogens is 1. The summed E-state index contributed by atoms with van der Waals surface area (Å²) in [6.07, 6.45) is 3.75. The molecule has 1 unspecified atom stereocenters. The molecule has 1 amide bonds. The Labute approximate surface area is 162 Å². The topological polar surface area (TPSA) is 92.9 Å². The molecule has 0 saturated carbocycles. The first-order valence-corrected chi connectivity index (χ1v) is 8.97. The van der Waals surface area contributed by atoms with Gasteiger partial charge in [-0.3, -0.25) is 9.78 Å². The maximum Gasteiger partial charge on any atom is 0.251 e. The van der Waals surface area contributed by atoms with Crippen LogP contribution in [0, 0.1) is 0 Å². The number of amides is 1. The van der Waals surface area contributed by atoms with E-state index in [2.05, 4.69) is 20.4 Å². The first-order valence-electron chi connectivity index (χ1n) is 8.59. The SMILES string of the molecule is CCc1ncnn1-c1cc(C(=O)NC(C)CO)cc(-c2ccc(Cl)cn2)c1. The Morgan fingerprint density at radius 3 is 2.78 bits per heavy atom. The van der Waals surface area contributed by atoms with Crippen molar-refractivity contribution >= 4 is 17.5 Å². The maximum atomic E-state index is 12.6. The number of pyridine rings is 1. The Hall–Kier alpha value is -2.77. The molecule has 0 spiro atoms. The molecule has 2 N–H and O–H groups in total. The molecule has 0 bridgehead atoms. The molecule has 0 fully saturated rings. The van der Waals surface area contributed by atoms with E-state index in [-0.39, 0.29) is 18.6 Å². The van der Waals surface area contributed by atoms with E-state index in [0.717, 1.165) is 11.4 Å². The molecular weight excluding hydrogens is 366 g/mol. The number of aryl methyl sites for hydroxylation is 1. The molecule has 27 heavy (non-hydrogen) atoms. The van der Waals surface area contributed by atoms with Gasteiger partial charge in [0.25, 0.3) is 5.91 Å². The Kier molecular flexibility index (Phi) is 5.83. The van der Waals surface area contributed by atoms with Crippen LogP contribution in [0.3, 0.4) is 0 Å². The lowest BCUT2D eigenvalue weighted by atomic mass is 10.0. The second-order valence-electron chi connectivity index (χ2n) is 6.13. The highest BCUT2D eigenvalue weighted by atomic mass is 35.5. The normalized spacial score (nSPS) is 12.0. The fourth-order valence-electron chi connectivity index (χ4n) is 2.63. The summed E-state index contributed by atoms with van der Waals surface area (Å²) >= 11 is 5.93. The van der Waals surface area contributed by atoms with Crippen LogP contribution in [0.25, 0.3) is 16.9 Å². The van der Waals surface area contributed by atoms with Gasteiger partial charge in [-0.15, -0.1) is 0 Å². The van der Waals surface area contributed by atoms with Crippen LogP contribution in [0.5, 0.6) is 0 Å². The van der Waals surface area contributed by atoms with Crippen molar-refractivity contribution < 1.29 is 9.90 Å². The van der Waals surface area contributed by atoms with Gasteiger partial charge in [0, 0.05) is 29.8 Å². The van der Waals surface area contributed by atoms with Crippen LogP contribution in [-0.4, -0.2) is 43.4 Å². The van der Waals surface area contributed by atoms with Crippen LogP contribution in [0.2, 0.25) is 5.02 Å². The van der Waals surface area contributed by atoms with Crippen molar-refractivity contribution in [2.75, 3.05) is 6.61 Å². The van der Waals surface area contributed by atoms with Gasteiger partial charge in [0.05, 0.1) is 23.0 Å². The number of carbonyl (C=O) groups excluding carboxylic acids is 1. The van der Waals surface area contributed by atoms with Crippen molar-refractivity contribution in [1.82, 2.24) is 25.1 Å². The van der Waals surface area contributed by atoms with Crippen molar-refractivity contribution in [3.05, 3.63) is 59.3 Å². The summed E-state index contributed by atoms with van der Waals surface area (Å²) in [5.41, 5.74) is 2.59. The van der Waals surface area contributed by atoms with Gasteiger partial charge in [-0.2, -0.15) is 5.10 Å². The van der Waals surface area contributed by atoms with E-state index in [1.54, 1.807) is 42.1 Å². The summed E-state index contributed by atoms with van der Waals surface area (Å²) in [6, 6.07) is 8.58. The van der Waals surface area contributed by atoms with Crippen molar-refractivity contribution in [3.8, 4) is 16.9 Å². The van der Waals surface area contributed by atoms with Crippen molar-refractivity contribution in [3.63, 3.8) is 0 Å². The third-order valence-corrected chi connectivity index (χ3v) is 4.26. The lowest BCUT2D eigenvalue weighted by Crippen LogP contribution is -2.35. The number of aromatic nitrogens is 4. The Balaban J connectivity index is 2.10. The second kappa shape index (κ2) is 8.28. The van der Waals surface area contributed by atoms with E-state index < -0.39 is 0 Å². The highest BCUT2D eigenvalue weighted by Gasteiger charge is 2.15. The lowest BCUT2D eigenvalue weighted by Gasteiger charge is -2.14. The largest absolute Gasteiger partial charge is 0.394 e. The van der Waals surface area contributed by atoms with Gasteiger partial charge >= 0.3 is 0 Å². The highest BCUT2D eigenvalue weighted by molar-refractivity contribution is 6.30. The summed E-state index contributed by atoms with van der Waals surface area (Å²) < 4.78 is 1.70. The zero-order valence-electron chi connectivity index (χ0n) is 15.1. The quantitative estimate of drug-likeness (QED) is 0.680. The van der Waals surface area contributed by atoms with E-state index in [9.17, 15) is 9.90 Å². The van der Waals surface area contributed by atoms with Gasteiger partial charge in [-0.05, 0) is 37.3 Å². The number of aliphatic hydroxyl groups excluding tert-OH is 1. The minimum atomic E-state index is -0.351. The number of rotatable bonds is 6. The van der Waals surface area contributed by atoms with E-state index in [1.165, 1.54) is 6.33 Å². The molecule has 7 nitrogen and oxygen atoms in total. The van der Waals surface area contributed by atoms with E-state index in [1.807, 2.05) is 13.0 Å². The first-order chi connectivity index (χ1) is 13.0. The number of hydrogen-bond donors (Lipinski definition) is 2. The maximum absolute atomic E-state index is 12.6. The minimum Gasteiger partial charge on any atom is -0.394 e. The second-order valence-corrected chi connectivity index (χ2v) is 6.57. The monoisotopic (exact) mass is 385 g/mol. The Morgan fingerprint density at radius 1 is 1.30 bits per heavy atom. The lowest BCUT2D eigenvalue weighted by molar-refractivity contribution is 0.0922. The summed E-state index contributed by atoms with van der Waals surface area (Å²) in [7, 11) is 0. The Morgan fingerprint density at radius 2 is 2.11 bits per heavy atom. The molecule has 0 aliphatic rings. The van der Waals surface area contributed by atoms with E-state index >= 15 is 0 Å². The summed E-state index contributed by atoms with van der Waals surface area (Å²) in [6.45, 7) is 3.58. The number of nitrogens with one attached hydrogen (secondary N) is 1. The first kappa shape index (κ1) is 19.0. The van der Waals surface area contributed by atoms with Crippen molar-refractivity contribution in [2.45, 2.75) is 26.3 Å². The third kappa shape index (κ3) is 4.32. The zero-order valence-corrected chi connectivity index (χ0v) is 15.8. The van der Waals surface area contributed by atoms with Crippen LogP contribution in [0.4, 0.5) is 0 Å². The molecule has 3 aromatic rings. The highest BCUT2D eigenvalue weighted by Crippen LogP contribution is 2.24. The summed E-state index contributed by atoms with van der Waals surface area (Å²) in [4.78, 5) is 21.2. The van der Waals surface area contributed by atoms with Gasteiger partial charge in [-0.25, -0.2) is 9.67 Å². The molecule has 0 saturated heterocycles. The van der Waals surface area contributed by atoms with Gasteiger partial charge in [-0.1, -0.05) is 18.5 Å². The summed E-state index contributed by atoms with van der Waals surface area (Å²) in [5, 5.41) is 16.8. The zero-order chi connectivity index (χ0) is 19.4. The number of nitrogens with zero attached hydrogens (tertiary/aromatic N) is 4. The fraction of sp³-hybridized carbons (Fsp3) is 0.263. The van der Waals surface area contributed by atoms with Crippen molar-refractivity contribution in [1.29, 1.82) is 0 Å². The molecule has 0 aliphatic carbocycles. The van der Waals surface area contributed by atoms with Gasteiger partial charge in [0.2, 0.25) is 0 Å². The fourth-order valence-corrected chi connectivity index (χ4v) is 2.75. The summed E-state index contributed by atoms with van der Waals surface area (Å²) in [5.74, 6) is 0.498. The average molecular weight is 386 g/mol. The van der Waals surface area contributed by atoms with E-state index in [0.29, 0.717) is 28.4 Å². The van der Waals surface area contributed by atoms with Crippen LogP contribution in [-0.2, 0) is 6.42 Å². The molecular formula is C19H20ClN5O2. The number of carbonyl (C=O) groups is 1. The molecule has 140 valence electrons. The molecule has 8 heteroatoms. The van der Waals surface area contributed by atoms with Gasteiger partial charge < -0.3 is 10.4 Å². The molecule has 1 atom stereocenters. The smallest absolute Gasteiger partial charge is 0.251 e. The predicted octanol–water partition coefficient (Wildman–Crippen LogP) is 2.66. The molecule has 2 aromatic heterocycles. The predicted molar refractivity (Wildman–Crippen MR) is 103 cm³/mol. The molecule has 0 aliphatic heterocycles. The average Bonchev–Trinajstić information content (AvgIpc) is 3.17. The standard InChI is InChI=1S/C19H20ClN5O2/c1-3-18-22-11-23-25(18)16-7-13(17-5-4-15(20)9-21-17)6-14(8-16)19(27)24-12(2)10-26/h4-9,11-12,26H,3,10H2,1-2H3,(H,24,27). The minimum absolute atomic E-state index is 0.139. The third-order valence-electron chi connectivity index (χ3n) is 4.03. The number of benzene rings is 1. The van der Waals surface area contributed by atoms with Crippen LogP contribution in [0.1, 0.15) is 30.0 Å². The van der Waals surface area contributed by atoms with Crippen LogP contribution in [0.15, 0.2) is 42.9 Å². The van der Waals surface area contributed by atoms with Gasteiger partial charge in [0.15, 0.2) is 0 Å². The molecule has 0 radical (unpaired) electrons. The molecule has 2 heterocycles. The van der Waals surface area contributed by atoms with E-state index in [4.69, 9.17) is 11.6 Å². The Bertz CT molecular complexity index is 940. The molecule has 3 rings (SSSR count). The van der Waals surface area contributed by atoms with Gasteiger partial charge in [0.1, 0.15) is 12.2 Å². The molecule has 1 aromatic carbocycles. The van der Waals surface area contributed by atoms with Crippen LogP contribution < -0.4 is 5.32 Å². The number of hydrogen-bond acceptors (Lipinski definition) is 5. The number of aliphatic hydroxyl groups is 1. The van der Waals surface area contributed by atoms with Crippen LogP contribution >= 0.6 is 11.6 Å².